The maximum absolute atomic E-state index is 12.3. The molecule has 90 valence electrons. The molecule has 0 aromatic rings. The van der Waals surface area contributed by atoms with Crippen LogP contribution < -0.4 is 0 Å². The zero-order valence-electron chi connectivity index (χ0n) is 10.7. The van der Waals surface area contributed by atoms with Gasteiger partial charge in [-0.15, -0.1) is 0 Å². The van der Waals surface area contributed by atoms with Gasteiger partial charge in [-0.25, -0.2) is 0 Å². The number of piperidine rings is 1. The molecule has 1 amide bonds. The van der Waals surface area contributed by atoms with Gasteiger partial charge in [-0.1, -0.05) is 20.8 Å². The van der Waals surface area contributed by atoms with E-state index in [1.54, 1.807) is 0 Å². The zero-order chi connectivity index (χ0) is 12.1. The molecule has 1 saturated carbocycles. The van der Waals surface area contributed by atoms with E-state index < -0.39 is 0 Å². The van der Waals surface area contributed by atoms with Crippen molar-refractivity contribution >= 4 is 11.7 Å². The third-order valence-electron chi connectivity index (χ3n) is 4.82. The van der Waals surface area contributed by atoms with Crippen LogP contribution in [0.2, 0.25) is 0 Å². The fourth-order valence-corrected chi connectivity index (χ4v) is 3.66. The van der Waals surface area contributed by atoms with E-state index >= 15 is 0 Å². The second-order valence-electron chi connectivity index (χ2n) is 6.13. The minimum atomic E-state index is -0.329. The summed E-state index contributed by atoms with van der Waals surface area (Å²) in [6, 6.07) is 0. The predicted molar refractivity (Wildman–Crippen MR) is 61.9 cm³/mol. The topological polar surface area (TPSA) is 37.4 Å². The van der Waals surface area contributed by atoms with E-state index in [1.165, 1.54) is 0 Å². The van der Waals surface area contributed by atoms with Crippen LogP contribution >= 0.6 is 0 Å². The van der Waals surface area contributed by atoms with Gasteiger partial charge in [0.15, 0.2) is 0 Å². The van der Waals surface area contributed by atoms with Crippen molar-refractivity contribution in [3.63, 3.8) is 0 Å². The highest BCUT2D eigenvalue weighted by Gasteiger charge is 2.56. The van der Waals surface area contributed by atoms with E-state index in [2.05, 4.69) is 0 Å². The Morgan fingerprint density at radius 1 is 1.25 bits per heavy atom. The number of ketones is 1. The molecule has 0 N–H and O–H groups in total. The summed E-state index contributed by atoms with van der Waals surface area (Å²) in [5, 5.41) is 0. The van der Waals surface area contributed by atoms with Gasteiger partial charge in [0.2, 0.25) is 5.91 Å². The molecule has 2 rings (SSSR count). The molecule has 3 heteroatoms. The van der Waals surface area contributed by atoms with Crippen LogP contribution in [0.5, 0.6) is 0 Å². The number of likely N-dealkylation sites (tertiary alicyclic amines) is 1. The SMILES string of the molecule is CN1CC[C@H]2C(C)(C)C(=O)CCC2(C)C1=O. The average molecular weight is 223 g/mol. The van der Waals surface area contributed by atoms with Gasteiger partial charge in [-0.3, -0.25) is 9.59 Å². The van der Waals surface area contributed by atoms with Crippen molar-refractivity contribution in [2.24, 2.45) is 16.7 Å². The first-order chi connectivity index (χ1) is 7.30. The number of Topliss-reactive ketones (excluding diaryl/α,β-unsaturated/α-hetero) is 1. The standard InChI is InChI=1S/C13H21NO2/c1-12(2)9-6-8-14(4)11(16)13(9,3)7-5-10(12)15/h9H,5-8H2,1-4H3/t9-,13?/m0/s1. The Hall–Kier alpha value is -0.860. The van der Waals surface area contributed by atoms with Crippen molar-refractivity contribution in [2.45, 2.75) is 40.0 Å². The van der Waals surface area contributed by atoms with Crippen LogP contribution in [0.1, 0.15) is 40.0 Å². The molecule has 2 atom stereocenters. The monoisotopic (exact) mass is 223 g/mol. The molecule has 1 heterocycles. The Morgan fingerprint density at radius 3 is 2.50 bits per heavy atom. The van der Waals surface area contributed by atoms with E-state index in [0.29, 0.717) is 12.2 Å². The second-order valence-corrected chi connectivity index (χ2v) is 6.13. The molecule has 0 aromatic carbocycles. The molecule has 0 spiro atoms. The lowest BCUT2D eigenvalue weighted by Gasteiger charge is -2.53. The van der Waals surface area contributed by atoms with Gasteiger partial charge < -0.3 is 4.90 Å². The number of rotatable bonds is 0. The highest BCUT2D eigenvalue weighted by atomic mass is 16.2. The van der Waals surface area contributed by atoms with Crippen molar-refractivity contribution in [1.29, 1.82) is 0 Å². The highest BCUT2D eigenvalue weighted by molar-refractivity contribution is 5.91. The van der Waals surface area contributed by atoms with Gasteiger partial charge in [-0.2, -0.15) is 0 Å². The van der Waals surface area contributed by atoms with E-state index in [1.807, 2.05) is 32.7 Å². The van der Waals surface area contributed by atoms with Crippen molar-refractivity contribution in [3.8, 4) is 0 Å². The summed E-state index contributed by atoms with van der Waals surface area (Å²) in [7, 11) is 1.87. The van der Waals surface area contributed by atoms with Crippen molar-refractivity contribution in [1.82, 2.24) is 4.90 Å². The lowest BCUT2D eigenvalue weighted by Crippen LogP contribution is -2.58. The number of hydrogen-bond acceptors (Lipinski definition) is 2. The molecule has 1 saturated heterocycles. The Kier molecular flexibility index (Phi) is 2.41. The van der Waals surface area contributed by atoms with E-state index in [-0.39, 0.29) is 22.7 Å². The molecule has 2 aliphatic rings. The molecule has 2 fully saturated rings. The van der Waals surface area contributed by atoms with Crippen LogP contribution in [0.25, 0.3) is 0 Å². The number of carbonyl (C=O) groups excluding carboxylic acids is 2. The molecule has 1 unspecified atom stereocenters. The van der Waals surface area contributed by atoms with Gasteiger partial charge in [0.05, 0.1) is 5.41 Å². The van der Waals surface area contributed by atoms with Crippen molar-refractivity contribution in [2.75, 3.05) is 13.6 Å². The smallest absolute Gasteiger partial charge is 0.228 e. The van der Waals surface area contributed by atoms with E-state index in [9.17, 15) is 9.59 Å². The minimum Gasteiger partial charge on any atom is -0.345 e. The lowest BCUT2D eigenvalue weighted by molar-refractivity contribution is -0.163. The third kappa shape index (κ3) is 1.33. The van der Waals surface area contributed by atoms with Crippen molar-refractivity contribution in [3.05, 3.63) is 0 Å². The maximum atomic E-state index is 12.3. The van der Waals surface area contributed by atoms with Crippen LogP contribution in [0.15, 0.2) is 0 Å². The fraction of sp³-hybridized carbons (Fsp3) is 0.846. The number of amides is 1. The largest absolute Gasteiger partial charge is 0.345 e. The van der Waals surface area contributed by atoms with Gasteiger partial charge in [0, 0.05) is 25.4 Å². The third-order valence-corrected chi connectivity index (χ3v) is 4.82. The van der Waals surface area contributed by atoms with Gasteiger partial charge in [-0.05, 0) is 18.8 Å². The molecule has 1 aliphatic carbocycles. The molecule has 1 aliphatic heterocycles. The minimum absolute atomic E-state index is 0.213. The lowest BCUT2D eigenvalue weighted by atomic mass is 9.53. The average Bonchev–Trinajstić information content (AvgIpc) is 2.21. The van der Waals surface area contributed by atoms with E-state index in [0.717, 1.165) is 19.4 Å². The Bertz CT molecular complexity index is 348. The number of fused-ring (bicyclic) bond motifs is 1. The van der Waals surface area contributed by atoms with Crippen LogP contribution in [-0.2, 0) is 9.59 Å². The van der Waals surface area contributed by atoms with Crippen molar-refractivity contribution < 1.29 is 9.59 Å². The number of nitrogens with zero attached hydrogens (tertiary/aromatic N) is 1. The van der Waals surface area contributed by atoms with Crippen LogP contribution in [0, 0.1) is 16.7 Å². The van der Waals surface area contributed by atoms with Gasteiger partial charge in [0.25, 0.3) is 0 Å². The Labute approximate surface area is 97.2 Å². The summed E-state index contributed by atoms with van der Waals surface area (Å²) in [6.07, 6.45) is 2.24. The Morgan fingerprint density at radius 2 is 1.88 bits per heavy atom. The second kappa shape index (κ2) is 3.31. The molecule has 0 bridgehead atoms. The molecular weight excluding hydrogens is 202 g/mol. The summed E-state index contributed by atoms with van der Waals surface area (Å²) >= 11 is 0. The maximum Gasteiger partial charge on any atom is 0.228 e. The van der Waals surface area contributed by atoms with E-state index in [4.69, 9.17) is 0 Å². The molecule has 16 heavy (non-hydrogen) atoms. The Balaban J connectivity index is 2.40. The molecular formula is C13H21NO2. The number of hydrogen-bond donors (Lipinski definition) is 0. The highest BCUT2D eigenvalue weighted by Crippen LogP contribution is 2.53. The summed E-state index contributed by atoms with van der Waals surface area (Å²) in [6.45, 7) is 6.85. The number of carbonyl (C=O) groups is 2. The molecule has 0 aromatic heterocycles. The molecule has 3 nitrogen and oxygen atoms in total. The first-order valence-corrected chi connectivity index (χ1v) is 6.09. The summed E-state index contributed by atoms with van der Waals surface area (Å²) < 4.78 is 0. The molecule has 0 radical (unpaired) electrons. The summed E-state index contributed by atoms with van der Waals surface area (Å²) in [5.41, 5.74) is -0.645. The quantitative estimate of drug-likeness (QED) is 0.628. The van der Waals surface area contributed by atoms with Crippen LogP contribution in [0.4, 0.5) is 0 Å². The normalized spacial score (nSPS) is 38.5. The predicted octanol–water partition coefficient (Wildman–Crippen LogP) is 1.86. The van der Waals surface area contributed by atoms with Gasteiger partial charge >= 0.3 is 0 Å². The van der Waals surface area contributed by atoms with Gasteiger partial charge in [0.1, 0.15) is 5.78 Å². The summed E-state index contributed by atoms with van der Waals surface area (Å²) in [5.74, 6) is 0.765. The first-order valence-electron chi connectivity index (χ1n) is 6.09. The first kappa shape index (κ1) is 11.6. The van der Waals surface area contributed by atoms with Crippen LogP contribution in [-0.4, -0.2) is 30.2 Å². The summed E-state index contributed by atoms with van der Waals surface area (Å²) in [4.78, 5) is 26.1. The zero-order valence-corrected chi connectivity index (χ0v) is 10.7. The fourth-order valence-electron chi connectivity index (χ4n) is 3.66. The van der Waals surface area contributed by atoms with Crippen LogP contribution in [0.3, 0.4) is 0 Å².